The van der Waals surface area contributed by atoms with Crippen LogP contribution in [0.4, 0.5) is 5.69 Å². The van der Waals surface area contributed by atoms with Crippen LogP contribution in [0.2, 0.25) is 0 Å². The number of nitro groups is 1. The second-order valence-electron chi connectivity index (χ2n) is 3.43. The Balaban J connectivity index is 2.15. The molecule has 2 N–H and O–H groups in total. The maximum absolute atomic E-state index is 10.4. The lowest BCUT2D eigenvalue weighted by atomic mass is 10.2. The molecule has 0 aliphatic carbocycles. The lowest BCUT2D eigenvalue weighted by Crippen LogP contribution is -1.97. The van der Waals surface area contributed by atoms with Gasteiger partial charge in [0, 0.05) is 6.54 Å². The second kappa shape index (κ2) is 5.19. The predicted octanol–water partition coefficient (Wildman–Crippen LogP) is 1.64. The lowest BCUT2D eigenvalue weighted by molar-refractivity contribution is -0.385. The Bertz CT molecular complexity index is 556. The van der Waals surface area contributed by atoms with Gasteiger partial charge in [0.1, 0.15) is 18.1 Å². The van der Waals surface area contributed by atoms with Crippen LogP contribution < -0.4 is 10.5 Å². The molecule has 0 radical (unpaired) electrons. The number of nitrogens with zero attached hydrogens (tertiary/aromatic N) is 3. The van der Waals surface area contributed by atoms with Crippen molar-refractivity contribution >= 4 is 5.69 Å². The summed E-state index contributed by atoms with van der Waals surface area (Å²) in [4.78, 5) is 17.3. The average Bonchev–Trinajstić information content (AvgIpc) is 2.39. The molecule has 0 saturated carbocycles. The molecule has 7 heteroatoms. The van der Waals surface area contributed by atoms with Crippen molar-refractivity contribution in [1.29, 1.82) is 0 Å². The van der Waals surface area contributed by atoms with Crippen LogP contribution in [0.1, 0.15) is 5.56 Å². The second-order valence-corrected chi connectivity index (χ2v) is 3.43. The van der Waals surface area contributed by atoms with Crippen molar-refractivity contribution < 1.29 is 9.66 Å². The van der Waals surface area contributed by atoms with Crippen LogP contribution in [0.5, 0.6) is 11.8 Å². The van der Waals surface area contributed by atoms with Crippen LogP contribution in [0, 0.1) is 10.1 Å². The summed E-state index contributed by atoms with van der Waals surface area (Å²) in [5, 5.41) is 10.4. The Morgan fingerprint density at radius 2 is 2.06 bits per heavy atom. The van der Waals surface area contributed by atoms with Gasteiger partial charge in [0.2, 0.25) is 0 Å². The predicted molar refractivity (Wildman–Crippen MR) is 63.1 cm³/mol. The van der Waals surface area contributed by atoms with Crippen molar-refractivity contribution in [2.24, 2.45) is 5.73 Å². The topological polar surface area (TPSA) is 104 Å². The Hall–Kier alpha value is -2.54. The van der Waals surface area contributed by atoms with E-state index in [2.05, 4.69) is 9.97 Å². The van der Waals surface area contributed by atoms with Gasteiger partial charge in [-0.25, -0.2) is 0 Å². The van der Waals surface area contributed by atoms with Crippen molar-refractivity contribution in [2.75, 3.05) is 0 Å². The molecule has 2 aromatic rings. The molecular weight excluding hydrogens is 236 g/mol. The van der Waals surface area contributed by atoms with Gasteiger partial charge in [-0.3, -0.25) is 10.1 Å². The molecule has 0 spiro atoms. The third kappa shape index (κ3) is 2.77. The summed E-state index contributed by atoms with van der Waals surface area (Å²) in [6.45, 7) is 0.401. The number of rotatable bonds is 4. The molecule has 0 amide bonds. The number of hydrogen-bond acceptors (Lipinski definition) is 6. The van der Waals surface area contributed by atoms with Gasteiger partial charge in [-0.05, 0) is 17.7 Å². The first kappa shape index (κ1) is 11.9. The minimum absolute atomic E-state index is 0.0507. The van der Waals surface area contributed by atoms with Gasteiger partial charge < -0.3 is 10.5 Å². The number of nitrogens with two attached hydrogens (primary N) is 1. The van der Waals surface area contributed by atoms with E-state index in [0.29, 0.717) is 12.3 Å². The molecule has 0 aliphatic rings. The van der Waals surface area contributed by atoms with Gasteiger partial charge in [-0.1, -0.05) is 12.1 Å². The minimum atomic E-state index is -0.571. The van der Waals surface area contributed by atoms with E-state index >= 15 is 0 Å². The highest BCUT2D eigenvalue weighted by Crippen LogP contribution is 2.19. The minimum Gasteiger partial charge on any atom is -0.424 e. The monoisotopic (exact) mass is 246 g/mol. The first-order valence-electron chi connectivity index (χ1n) is 5.12. The van der Waals surface area contributed by atoms with E-state index in [9.17, 15) is 10.1 Å². The van der Waals surface area contributed by atoms with Crippen molar-refractivity contribution in [3.05, 3.63) is 52.3 Å². The Labute approximate surface area is 102 Å². The van der Waals surface area contributed by atoms with E-state index in [1.807, 2.05) is 6.07 Å². The fourth-order valence-corrected chi connectivity index (χ4v) is 1.30. The molecule has 7 nitrogen and oxygen atoms in total. The quantitative estimate of drug-likeness (QED) is 0.649. The molecule has 1 heterocycles. The Morgan fingerprint density at radius 3 is 2.67 bits per heavy atom. The van der Waals surface area contributed by atoms with Crippen molar-refractivity contribution in [3.8, 4) is 11.8 Å². The zero-order chi connectivity index (χ0) is 13.0. The van der Waals surface area contributed by atoms with Gasteiger partial charge >= 0.3 is 11.7 Å². The van der Waals surface area contributed by atoms with E-state index in [1.165, 1.54) is 0 Å². The maximum atomic E-state index is 10.4. The SMILES string of the molecule is NCc1cccc(Oc2ncc([N+](=O)[O-])cn2)c1. The summed E-state index contributed by atoms with van der Waals surface area (Å²) in [5.74, 6) is 0.534. The van der Waals surface area contributed by atoms with Crippen molar-refractivity contribution in [1.82, 2.24) is 9.97 Å². The first-order chi connectivity index (χ1) is 8.69. The standard InChI is InChI=1S/C11H10N4O3/c12-5-8-2-1-3-10(4-8)18-11-13-6-9(7-14-11)15(16)17/h1-4,6-7H,5,12H2. The highest BCUT2D eigenvalue weighted by Gasteiger charge is 2.07. The van der Waals surface area contributed by atoms with Crippen LogP contribution in [-0.2, 0) is 6.54 Å². The van der Waals surface area contributed by atoms with Crippen LogP contribution >= 0.6 is 0 Å². The zero-order valence-electron chi connectivity index (χ0n) is 9.31. The Kier molecular flexibility index (Phi) is 3.44. The zero-order valence-corrected chi connectivity index (χ0v) is 9.31. The molecule has 0 saturated heterocycles. The summed E-state index contributed by atoms with van der Waals surface area (Å²) < 4.78 is 5.36. The summed E-state index contributed by atoms with van der Waals surface area (Å²) >= 11 is 0. The van der Waals surface area contributed by atoms with Gasteiger partial charge in [0.15, 0.2) is 0 Å². The van der Waals surface area contributed by atoms with E-state index < -0.39 is 4.92 Å². The van der Waals surface area contributed by atoms with Crippen LogP contribution in [0.3, 0.4) is 0 Å². The fraction of sp³-hybridized carbons (Fsp3) is 0.0909. The van der Waals surface area contributed by atoms with Crippen LogP contribution in [0.15, 0.2) is 36.7 Å². The van der Waals surface area contributed by atoms with Gasteiger partial charge in [-0.15, -0.1) is 0 Å². The molecule has 0 unspecified atom stereocenters. The molecule has 0 bridgehead atoms. The molecule has 0 aliphatic heterocycles. The molecule has 1 aromatic heterocycles. The van der Waals surface area contributed by atoms with E-state index in [0.717, 1.165) is 18.0 Å². The third-order valence-corrected chi connectivity index (χ3v) is 2.17. The molecule has 0 atom stereocenters. The largest absolute Gasteiger partial charge is 0.424 e. The summed E-state index contributed by atoms with van der Waals surface area (Å²) in [7, 11) is 0. The highest BCUT2D eigenvalue weighted by atomic mass is 16.6. The van der Waals surface area contributed by atoms with Crippen LogP contribution in [0.25, 0.3) is 0 Å². The summed E-state index contributed by atoms with van der Waals surface area (Å²) in [6.07, 6.45) is 2.18. The van der Waals surface area contributed by atoms with Crippen molar-refractivity contribution in [2.45, 2.75) is 6.54 Å². The number of aromatic nitrogens is 2. The third-order valence-electron chi connectivity index (χ3n) is 2.17. The fourth-order valence-electron chi connectivity index (χ4n) is 1.30. The van der Waals surface area contributed by atoms with Crippen LogP contribution in [-0.4, -0.2) is 14.9 Å². The number of benzene rings is 1. The number of hydrogen-bond donors (Lipinski definition) is 1. The summed E-state index contributed by atoms with van der Waals surface area (Å²) in [6, 6.07) is 7.19. The molecule has 1 aromatic carbocycles. The maximum Gasteiger partial charge on any atom is 0.322 e. The van der Waals surface area contributed by atoms with Gasteiger partial charge in [0.25, 0.3) is 0 Å². The molecule has 18 heavy (non-hydrogen) atoms. The van der Waals surface area contributed by atoms with Gasteiger partial charge in [0.05, 0.1) is 4.92 Å². The highest BCUT2D eigenvalue weighted by molar-refractivity contribution is 5.31. The van der Waals surface area contributed by atoms with Gasteiger partial charge in [-0.2, -0.15) is 9.97 Å². The smallest absolute Gasteiger partial charge is 0.322 e. The Morgan fingerprint density at radius 1 is 1.33 bits per heavy atom. The first-order valence-corrected chi connectivity index (χ1v) is 5.12. The summed E-state index contributed by atoms with van der Waals surface area (Å²) in [5.41, 5.74) is 6.23. The molecule has 0 fully saturated rings. The van der Waals surface area contributed by atoms with E-state index in [-0.39, 0.29) is 11.7 Å². The average molecular weight is 246 g/mol. The van der Waals surface area contributed by atoms with E-state index in [4.69, 9.17) is 10.5 Å². The molecule has 92 valence electrons. The molecular formula is C11H10N4O3. The normalized spacial score (nSPS) is 10.1. The van der Waals surface area contributed by atoms with E-state index in [1.54, 1.807) is 18.2 Å². The number of ether oxygens (including phenoxy) is 1. The lowest BCUT2D eigenvalue weighted by Gasteiger charge is -2.04. The van der Waals surface area contributed by atoms with Crippen molar-refractivity contribution in [3.63, 3.8) is 0 Å². The molecule has 2 rings (SSSR count).